The van der Waals surface area contributed by atoms with Gasteiger partial charge in [0.05, 0.1) is 30.1 Å². The molecule has 0 bridgehead atoms. The molecule has 3 aromatic rings. The summed E-state index contributed by atoms with van der Waals surface area (Å²) in [7, 11) is -3.54. The van der Waals surface area contributed by atoms with Gasteiger partial charge in [0.2, 0.25) is 14.8 Å². The molecule has 0 spiro atoms. The Morgan fingerprint density at radius 2 is 1.91 bits per heavy atom. The molecule has 0 amide bonds. The molecule has 3 heterocycles. The van der Waals surface area contributed by atoms with Gasteiger partial charge >= 0.3 is 0 Å². The second-order valence-corrected chi connectivity index (χ2v) is 10.5. The molecule has 2 aromatic heterocycles. The maximum atomic E-state index is 12.9. The Balaban J connectivity index is 1.67. The molecular formula is C23H28N4O4S2. The van der Waals surface area contributed by atoms with Crippen LogP contribution in [-0.2, 0) is 14.8 Å². The van der Waals surface area contributed by atoms with E-state index in [1.807, 2.05) is 24.4 Å². The second-order valence-electron chi connectivity index (χ2n) is 7.75. The van der Waals surface area contributed by atoms with Crippen molar-refractivity contribution in [2.24, 2.45) is 10.1 Å². The van der Waals surface area contributed by atoms with Gasteiger partial charge in [-0.2, -0.15) is 9.41 Å². The van der Waals surface area contributed by atoms with Gasteiger partial charge in [0.25, 0.3) is 0 Å². The third-order valence-electron chi connectivity index (χ3n) is 5.29. The number of morpholine rings is 1. The minimum Gasteiger partial charge on any atom is -0.463 e. The average molecular weight is 489 g/mol. The first kappa shape index (κ1) is 23.6. The zero-order valence-corrected chi connectivity index (χ0v) is 20.4. The highest BCUT2D eigenvalue weighted by molar-refractivity contribution is 7.89. The Morgan fingerprint density at radius 3 is 2.58 bits per heavy atom. The number of hydrogen-bond acceptors (Lipinski definition) is 7. The van der Waals surface area contributed by atoms with Gasteiger partial charge in [-0.1, -0.05) is 13.3 Å². The quantitative estimate of drug-likeness (QED) is 0.437. The highest BCUT2D eigenvalue weighted by atomic mass is 32.2. The van der Waals surface area contributed by atoms with E-state index < -0.39 is 10.0 Å². The summed E-state index contributed by atoms with van der Waals surface area (Å²) in [5.41, 5.74) is 2.49. The summed E-state index contributed by atoms with van der Waals surface area (Å²) >= 11 is 1.46. The first-order valence-corrected chi connectivity index (χ1v) is 13.3. The molecule has 0 aliphatic carbocycles. The van der Waals surface area contributed by atoms with Crippen molar-refractivity contribution in [3.63, 3.8) is 0 Å². The molecule has 33 heavy (non-hydrogen) atoms. The van der Waals surface area contributed by atoms with Crippen LogP contribution in [0, 0.1) is 0 Å². The van der Waals surface area contributed by atoms with E-state index >= 15 is 0 Å². The third-order valence-corrected chi connectivity index (χ3v) is 8.02. The summed E-state index contributed by atoms with van der Waals surface area (Å²) in [4.78, 5) is 5.68. The zero-order chi connectivity index (χ0) is 23.3. The number of nitrogens with zero attached hydrogens (tertiary/aromatic N) is 4. The summed E-state index contributed by atoms with van der Waals surface area (Å²) in [6.07, 6.45) is 4.71. The van der Waals surface area contributed by atoms with Gasteiger partial charge in [0, 0.05) is 24.2 Å². The Morgan fingerprint density at radius 1 is 1.15 bits per heavy atom. The first-order chi connectivity index (χ1) is 16.0. The van der Waals surface area contributed by atoms with Gasteiger partial charge in [-0.25, -0.2) is 18.1 Å². The molecule has 1 saturated heterocycles. The number of sulfonamides is 1. The van der Waals surface area contributed by atoms with Crippen molar-refractivity contribution in [1.82, 2.24) is 8.98 Å². The highest BCUT2D eigenvalue weighted by Crippen LogP contribution is 2.23. The van der Waals surface area contributed by atoms with Crippen molar-refractivity contribution in [3.05, 3.63) is 52.8 Å². The summed E-state index contributed by atoms with van der Waals surface area (Å²) in [5, 5.41) is 6.77. The number of hydrogen-bond donors (Lipinski definition) is 0. The molecule has 0 N–H and O–H groups in total. The molecule has 0 atom stereocenters. The lowest BCUT2D eigenvalue weighted by Gasteiger charge is -2.26. The van der Waals surface area contributed by atoms with Crippen LogP contribution in [0.25, 0.3) is 11.5 Å². The van der Waals surface area contributed by atoms with E-state index in [0.717, 1.165) is 30.7 Å². The minimum absolute atomic E-state index is 0.257. The van der Waals surface area contributed by atoms with Gasteiger partial charge in [-0.3, -0.25) is 0 Å². The molecule has 10 heteroatoms. The Kier molecular flexibility index (Phi) is 7.59. The maximum Gasteiger partial charge on any atom is 0.243 e. The van der Waals surface area contributed by atoms with Gasteiger partial charge in [0.15, 0.2) is 5.76 Å². The van der Waals surface area contributed by atoms with Gasteiger partial charge in [-0.15, -0.1) is 11.3 Å². The number of unbranched alkanes of at least 4 members (excludes halogenated alkanes) is 1. The number of benzene rings is 1. The molecule has 1 aliphatic heterocycles. The predicted octanol–water partition coefficient (Wildman–Crippen LogP) is 4.48. The first-order valence-electron chi connectivity index (χ1n) is 11.0. The van der Waals surface area contributed by atoms with Gasteiger partial charge in [0.1, 0.15) is 5.69 Å². The Hall–Kier alpha value is -2.53. The van der Waals surface area contributed by atoms with E-state index in [0.29, 0.717) is 42.6 Å². The smallest absolute Gasteiger partial charge is 0.243 e. The molecular weight excluding hydrogens is 460 g/mol. The van der Waals surface area contributed by atoms with Crippen LogP contribution < -0.4 is 4.80 Å². The average Bonchev–Trinajstić information content (AvgIpc) is 3.49. The predicted molar refractivity (Wildman–Crippen MR) is 129 cm³/mol. The molecule has 1 aliphatic rings. The van der Waals surface area contributed by atoms with Gasteiger partial charge in [-0.05, 0) is 56.2 Å². The van der Waals surface area contributed by atoms with Crippen molar-refractivity contribution in [3.8, 4) is 11.5 Å². The Bertz CT molecular complexity index is 1250. The van der Waals surface area contributed by atoms with Crippen LogP contribution in [0.2, 0.25) is 0 Å². The van der Waals surface area contributed by atoms with Crippen molar-refractivity contribution in [1.29, 1.82) is 0 Å². The van der Waals surface area contributed by atoms with Crippen LogP contribution in [0.5, 0.6) is 0 Å². The second kappa shape index (κ2) is 10.6. The van der Waals surface area contributed by atoms with Crippen LogP contribution in [0.4, 0.5) is 5.69 Å². The van der Waals surface area contributed by atoms with Gasteiger partial charge < -0.3 is 9.15 Å². The lowest BCUT2D eigenvalue weighted by atomic mass is 10.2. The fourth-order valence-electron chi connectivity index (χ4n) is 3.46. The van der Waals surface area contributed by atoms with Crippen molar-refractivity contribution in [2.75, 3.05) is 26.3 Å². The topological polar surface area (TPSA) is 89.4 Å². The van der Waals surface area contributed by atoms with E-state index in [4.69, 9.17) is 19.2 Å². The van der Waals surface area contributed by atoms with Crippen molar-refractivity contribution >= 4 is 32.8 Å². The van der Waals surface area contributed by atoms with E-state index in [2.05, 4.69) is 6.92 Å². The standard InChI is InChI=1S/C23H28N4O4S2/c1-3-4-6-18(2)25-27-21(22-7-5-14-31-22)17-32-23(27)24-19-8-10-20(11-9-19)33(28,29)26-12-15-30-16-13-26/h5,7-11,14,17H,3-4,6,12-13,15-16H2,1-2H3. The van der Waals surface area contributed by atoms with E-state index in [9.17, 15) is 8.42 Å². The summed E-state index contributed by atoms with van der Waals surface area (Å²) in [5.74, 6) is 0.715. The zero-order valence-electron chi connectivity index (χ0n) is 18.8. The number of thiazole rings is 1. The van der Waals surface area contributed by atoms with Crippen LogP contribution in [0.1, 0.15) is 33.1 Å². The molecule has 0 radical (unpaired) electrons. The Labute approximate surface area is 197 Å². The van der Waals surface area contributed by atoms with Crippen LogP contribution in [-0.4, -0.2) is 49.4 Å². The van der Waals surface area contributed by atoms with E-state index in [1.54, 1.807) is 35.2 Å². The number of rotatable bonds is 8. The number of furan rings is 1. The molecule has 8 nitrogen and oxygen atoms in total. The van der Waals surface area contributed by atoms with Crippen LogP contribution >= 0.6 is 11.3 Å². The largest absolute Gasteiger partial charge is 0.463 e. The summed E-state index contributed by atoms with van der Waals surface area (Å²) in [6, 6.07) is 10.4. The van der Waals surface area contributed by atoms with Crippen LogP contribution in [0.15, 0.2) is 67.4 Å². The molecule has 1 aromatic carbocycles. The molecule has 176 valence electrons. The minimum atomic E-state index is -3.54. The lowest BCUT2D eigenvalue weighted by Crippen LogP contribution is -2.40. The maximum absolute atomic E-state index is 12.9. The molecule has 0 saturated carbocycles. The summed E-state index contributed by atoms with van der Waals surface area (Å²) in [6.45, 7) is 5.75. The summed E-state index contributed by atoms with van der Waals surface area (Å²) < 4.78 is 39.8. The SMILES string of the molecule is CCCCC(C)=Nn1c(-c2ccco2)csc1=Nc1ccc(S(=O)(=O)N2CCOCC2)cc1. The van der Waals surface area contributed by atoms with E-state index in [1.165, 1.54) is 15.6 Å². The van der Waals surface area contributed by atoms with Crippen molar-refractivity contribution < 1.29 is 17.6 Å². The molecule has 0 unspecified atom stereocenters. The van der Waals surface area contributed by atoms with Crippen LogP contribution in [0.3, 0.4) is 0 Å². The van der Waals surface area contributed by atoms with E-state index in [-0.39, 0.29) is 4.90 Å². The number of aromatic nitrogens is 1. The highest BCUT2D eigenvalue weighted by Gasteiger charge is 2.26. The molecule has 1 fully saturated rings. The number of ether oxygens (including phenoxy) is 1. The molecule has 4 rings (SSSR count). The lowest BCUT2D eigenvalue weighted by molar-refractivity contribution is 0.0730. The third kappa shape index (κ3) is 5.52. The monoisotopic (exact) mass is 488 g/mol. The van der Waals surface area contributed by atoms with Crippen molar-refractivity contribution in [2.45, 2.75) is 38.0 Å². The fourth-order valence-corrected chi connectivity index (χ4v) is 5.70. The fraction of sp³-hybridized carbons (Fsp3) is 0.391. The normalized spacial score (nSPS) is 16.4.